The molecule has 1 atom stereocenters. The van der Waals surface area contributed by atoms with E-state index in [0.29, 0.717) is 17.9 Å². The van der Waals surface area contributed by atoms with Crippen molar-refractivity contribution in [3.63, 3.8) is 0 Å². The number of hydrogen-bond donors (Lipinski definition) is 2. The summed E-state index contributed by atoms with van der Waals surface area (Å²) in [5.74, 6) is -0.114. The number of rotatable bonds is 8. The molecule has 0 spiro atoms. The van der Waals surface area contributed by atoms with E-state index in [9.17, 15) is 14.4 Å². The van der Waals surface area contributed by atoms with Crippen LogP contribution in [0.15, 0.2) is 24.3 Å². The Labute approximate surface area is 147 Å². The van der Waals surface area contributed by atoms with E-state index < -0.39 is 17.5 Å². The zero-order chi connectivity index (χ0) is 18.4. The van der Waals surface area contributed by atoms with Crippen molar-refractivity contribution in [3.8, 4) is 5.75 Å². The van der Waals surface area contributed by atoms with Gasteiger partial charge in [-0.3, -0.25) is 14.5 Å². The summed E-state index contributed by atoms with van der Waals surface area (Å²) in [5.41, 5.74) is -0.552. The summed E-state index contributed by atoms with van der Waals surface area (Å²) in [6, 6.07) is 6.34. The molecule has 2 rings (SSSR count). The number of unbranched alkanes of at least 4 members (excludes halogenated alkanes) is 2. The molecule has 1 aliphatic rings. The van der Waals surface area contributed by atoms with Crippen molar-refractivity contribution in [1.82, 2.24) is 15.5 Å². The molecule has 7 heteroatoms. The van der Waals surface area contributed by atoms with Gasteiger partial charge in [-0.05, 0) is 31.0 Å². The fourth-order valence-electron chi connectivity index (χ4n) is 2.76. The summed E-state index contributed by atoms with van der Waals surface area (Å²) < 4.78 is 5.11. The molecule has 0 radical (unpaired) electrons. The van der Waals surface area contributed by atoms with E-state index in [1.54, 1.807) is 38.3 Å². The second kappa shape index (κ2) is 8.00. The first-order chi connectivity index (χ1) is 11.9. The first kappa shape index (κ1) is 18.8. The Morgan fingerprint density at radius 2 is 1.92 bits per heavy atom. The number of benzene rings is 1. The Bertz CT molecular complexity index is 644. The number of ether oxygens (including phenoxy) is 1. The quantitative estimate of drug-likeness (QED) is 0.554. The summed E-state index contributed by atoms with van der Waals surface area (Å²) in [5, 5.41) is 5.42. The number of nitrogens with one attached hydrogen (secondary N) is 2. The van der Waals surface area contributed by atoms with Crippen LogP contribution in [0.5, 0.6) is 5.75 Å². The largest absolute Gasteiger partial charge is 0.497 e. The molecule has 2 N–H and O–H groups in total. The minimum atomic E-state index is -1.19. The first-order valence-electron chi connectivity index (χ1n) is 8.47. The van der Waals surface area contributed by atoms with Gasteiger partial charge in [-0.25, -0.2) is 4.79 Å². The molecule has 0 aliphatic carbocycles. The minimum absolute atomic E-state index is 0.275. The fraction of sp³-hybridized carbons (Fsp3) is 0.500. The van der Waals surface area contributed by atoms with Gasteiger partial charge in [0.2, 0.25) is 5.91 Å². The minimum Gasteiger partial charge on any atom is -0.497 e. The van der Waals surface area contributed by atoms with Crippen LogP contribution in [0, 0.1) is 0 Å². The van der Waals surface area contributed by atoms with Gasteiger partial charge in [-0.1, -0.05) is 31.9 Å². The van der Waals surface area contributed by atoms with Crippen molar-refractivity contribution >= 4 is 17.8 Å². The van der Waals surface area contributed by atoms with E-state index in [-0.39, 0.29) is 12.5 Å². The lowest BCUT2D eigenvalue weighted by molar-refractivity contribution is -0.134. The number of urea groups is 1. The molecule has 4 amide bonds. The third-order valence-electron chi connectivity index (χ3n) is 4.35. The van der Waals surface area contributed by atoms with Gasteiger partial charge in [0.25, 0.3) is 5.91 Å². The second-order valence-electron chi connectivity index (χ2n) is 6.23. The highest BCUT2D eigenvalue weighted by Crippen LogP contribution is 2.29. The molecule has 1 aliphatic heterocycles. The monoisotopic (exact) mass is 347 g/mol. The Morgan fingerprint density at radius 1 is 1.24 bits per heavy atom. The normalized spacial score (nSPS) is 19.7. The van der Waals surface area contributed by atoms with E-state index in [1.165, 1.54) is 0 Å². The molecule has 25 heavy (non-hydrogen) atoms. The summed E-state index contributed by atoms with van der Waals surface area (Å²) >= 11 is 0. The van der Waals surface area contributed by atoms with Crippen LogP contribution >= 0.6 is 0 Å². The van der Waals surface area contributed by atoms with Crippen molar-refractivity contribution in [3.05, 3.63) is 29.8 Å². The van der Waals surface area contributed by atoms with Gasteiger partial charge in [-0.15, -0.1) is 0 Å². The van der Waals surface area contributed by atoms with Crippen molar-refractivity contribution in [2.75, 3.05) is 20.2 Å². The van der Waals surface area contributed by atoms with Crippen molar-refractivity contribution in [2.24, 2.45) is 0 Å². The summed E-state index contributed by atoms with van der Waals surface area (Å²) in [4.78, 5) is 37.9. The highest BCUT2D eigenvalue weighted by Gasteiger charge is 2.49. The maximum Gasteiger partial charge on any atom is 0.325 e. The summed E-state index contributed by atoms with van der Waals surface area (Å²) in [6.45, 7) is 3.98. The third-order valence-corrected chi connectivity index (χ3v) is 4.35. The molecule has 1 fully saturated rings. The molecule has 0 bridgehead atoms. The highest BCUT2D eigenvalue weighted by atomic mass is 16.5. The smallest absolute Gasteiger partial charge is 0.325 e. The van der Waals surface area contributed by atoms with Gasteiger partial charge < -0.3 is 15.4 Å². The van der Waals surface area contributed by atoms with E-state index in [0.717, 1.165) is 24.2 Å². The second-order valence-corrected chi connectivity index (χ2v) is 6.23. The lowest BCUT2D eigenvalue weighted by Gasteiger charge is -2.22. The Morgan fingerprint density at radius 3 is 2.52 bits per heavy atom. The van der Waals surface area contributed by atoms with Crippen LogP contribution in [0.3, 0.4) is 0 Å². The molecule has 1 heterocycles. The lowest BCUT2D eigenvalue weighted by Crippen LogP contribution is -2.43. The number of carbonyl (C=O) groups is 3. The van der Waals surface area contributed by atoms with Crippen LogP contribution in [-0.4, -0.2) is 42.9 Å². The van der Waals surface area contributed by atoms with Crippen LogP contribution in [0.2, 0.25) is 0 Å². The molecule has 0 aromatic heterocycles. The first-order valence-corrected chi connectivity index (χ1v) is 8.47. The third kappa shape index (κ3) is 4.10. The van der Waals surface area contributed by atoms with Crippen LogP contribution in [0.4, 0.5) is 4.79 Å². The summed E-state index contributed by atoms with van der Waals surface area (Å²) in [6.07, 6.45) is 2.97. The lowest BCUT2D eigenvalue weighted by atomic mass is 9.92. The standard InChI is InChI=1S/C18H25N3O4/c1-4-5-6-11-19-15(22)12-21-16(23)18(2,20-17(21)24)13-7-9-14(25-3)10-8-13/h7-10H,4-6,11-12H2,1-3H3,(H,19,22)(H,20,24). The highest BCUT2D eigenvalue weighted by molar-refractivity contribution is 6.09. The van der Waals surface area contributed by atoms with Crippen LogP contribution in [-0.2, 0) is 15.1 Å². The molecule has 0 saturated carbocycles. The van der Waals surface area contributed by atoms with Crippen molar-refractivity contribution in [2.45, 2.75) is 38.6 Å². The Kier molecular flexibility index (Phi) is 6.01. The SMILES string of the molecule is CCCCCNC(=O)CN1C(=O)NC(C)(c2ccc(OC)cc2)C1=O. The molecular weight excluding hydrogens is 322 g/mol. The number of amides is 4. The Hall–Kier alpha value is -2.57. The molecule has 7 nitrogen and oxygen atoms in total. The molecule has 1 unspecified atom stereocenters. The van der Waals surface area contributed by atoms with Crippen LogP contribution < -0.4 is 15.4 Å². The van der Waals surface area contributed by atoms with Crippen molar-refractivity contribution < 1.29 is 19.1 Å². The van der Waals surface area contributed by atoms with E-state index in [4.69, 9.17) is 4.74 Å². The van der Waals surface area contributed by atoms with Gasteiger partial charge >= 0.3 is 6.03 Å². The predicted octanol–water partition coefficient (Wildman–Crippen LogP) is 1.77. The average molecular weight is 347 g/mol. The molecule has 1 saturated heterocycles. The number of imide groups is 1. The van der Waals surface area contributed by atoms with Crippen LogP contribution in [0.1, 0.15) is 38.7 Å². The van der Waals surface area contributed by atoms with Crippen molar-refractivity contribution in [1.29, 1.82) is 0 Å². The predicted molar refractivity (Wildman–Crippen MR) is 93.1 cm³/mol. The fourth-order valence-corrected chi connectivity index (χ4v) is 2.76. The number of methoxy groups -OCH3 is 1. The van der Waals surface area contributed by atoms with E-state index in [2.05, 4.69) is 17.6 Å². The van der Waals surface area contributed by atoms with Gasteiger partial charge in [-0.2, -0.15) is 0 Å². The average Bonchev–Trinajstić information content (AvgIpc) is 2.83. The summed E-state index contributed by atoms with van der Waals surface area (Å²) in [7, 11) is 1.56. The zero-order valence-corrected chi connectivity index (χ0v) is 14.9. The van der Waals surface area contributed by atoms with Gasteiger partial charge in [0, 0.05) is 6.54 Å². The van der Waals surface area contributed by atoms with E-state index in [1.807, 2.05) is 0 Å². The number of nitrogens with zero attached hydrogens (tertiary/aromatic N) is 1. The number of hydrogen-bond acceptors (Lipinski definition) is 4. The van der Waals surface area contributed by atoms with E-state index >= 15 is 0 Å². The van der Waals surface area contributed by atoms with Gasteiger partial charge in [0.05, 0.1) is 7.11 Å². The maximum atomic E-state index is 12.7. The molecular formula is C18H25N3O4. The van der Waals surface area contributed by atoms with Gasteiger partial charge in [0.15, 0.2) is 0 Å². The maximum absolute atomic E-state index is 12.7. The topological polar surface area (TPSA) is 87.7 Å². The van der Waals surface area contributed by atoms with Crippen LogP contribution in [0.25, 0.3) is 0 Å². The zero-order valence-electron chi connectivity index (χ0n) is 14.9. The molecule has 1 aromatic carbocycles. The van der Waals surface area contributed by atoms with Gasteiger partial charge in [0.1, 0.15) is 17.8 Å². The Balaban J connectivity index is 2.04. The molecule has 136 valence electrons. The number of carbonyl (C=O) groups excluding carboxylic acids is 3. The molecule has 1 aromatic rings.